The molecule has 5 heteroatoms. The van der Waals surface area contributed by atoms with Crippen molar-refractivity contribution in [3.63, 3.8) is 0 Å². The van der Waals surface area contributed by atoms with Crippen LogP contribution in [0.1, 0.15) is 5.56 Å². The van der Waals surface area contributed by atoms with E-state index < -0.39 is 0 Å². The molecule has 4 nitrogen and oxygen atoms in total. The Hall–Kier alpha value is -1.49. The smallest absolute Gasteiger partial charge is 0.243 e. The van der Waals surface area contributed by atoms with Gasteiger partial charge in [-0.05, 0) is 17.7 Å². The zero-order valence-electron chi connectivity index (χ0n) is 10.8. The summed E-state index contributed by atoms with van der Waals surface area (Å²) < 4.78 is 14.6. The average Bonchev–Trinajstić information content (AvgIpc) is 2.74. The van der Waals surface area contributed by atoms with Crippen molar-refractivity contribution >= 4 is 0 Å². The molecule has 0 aliphatic carbocycles. The molecule has 0 unspecified atom stereocenters. The first kappa shape index (κ1) is 14.6. The third-order valence-electron chi connectivity index (χ3n) is 2.64. The van der Waals surface area contributed by atoms with E-state index >= 15 is 0 Å². The molecule has 1 aromatic carbocycles. The summed E-state index contributed by atoms with van der Waals surface area (Å²) >= 11 is 0. The van der Waals surface area contributed by atoms with E-state index in [-0.39, 0.29) is 17.0 Å². The Bertz CT molecular complexity index is 511. The van der Waals surface area contributed by atoms with Crippen LogP contribution in [0.15, 0.2) is 36.9 Å². The van der Waals surface area contributed by atoms with E-state index in [0.29, 0.717) is 0 Å². The fraction of sp³-hybridized carbons (Fsp3) is 0.308. The minimum atomic E-state index is 0. The van der Waals surface area contributed by atoms with Gasteiger partial charge in [-0.1, -0.05) is 6.07 Å². The maximum atomic E-state index is 5.28. The van der Waals surface area contributed by atoms with Crippen molar-refractivity contribution in [2.75, 3.05) is 14.2 Å². The van der Waals surface area contributed by atoms with Gasteiger partial charge < -0.3 is 26.5 Å². The van der Waals surface area contributed by atoms with Gasteiger partial charge in [-0.25, -0.2) is 9.13 Å². The molecule has 0 bridgehead atoms. The van der Waals surface area contributed by atoms with Crippen molar-refractivity contribution in [2.24, 2.45) is 7.05 Å². The molecule has 0 N–H and O–H groups in total. The Labute approximate surface area is 118 Å². The van der Waals surface area contributed by atoms with Crippen LogP contribution in [0.5, 0.6) is 11.5 Å². The van der Waals surface area contributed by atoms with Gasteiger partial charge in [-0.2, -0.15) is 0 Å². The molecular weight excluding hydrogens is 296 g/mol. The number of methoxy groups -OCH3 is 2. The van der Waals surface area contributed by atoms with Gasteiger partial charge in [0.05, 0.1) is 21.3 Å². The summed E-state index contributed by atoms with van der Waals surface area (Å²) in [6.45, 7) is 0.821. The lowest BCUT2D eigenvalue weighted by atomic mass is 10.2. The molecule has 0 amide bonds. The topological polar surface area (TPSA) is 27.3 Å². The Morgan fingerprint density at radius 1 is 1.17 bits per heavy atom. The molecule has 1 heterocycles. The number of ether oxygens (including phenoxy) is 2. The van der Waals surface area contributed by atoms with E-state index in [1.54, 1.807) is 14.2 Å². The highest BCUT2D eigenvalue weighted by Crippen LogP contribution is 2.27. The summed E-state index contributed by atoms with van der Waals surface area (Å²) in [7, 11) is 5.30. The van der Waals surface area contributed by atoms with Crippen molar-refractivity contribution in [3.05, 3.63) is 42.5 Å². The summed E-state index contributed by atoms with van der Waals surface area (Å²) in [5, 5.41) is 0. The quantitative estimate of drug-likeness (QED) is 0.635. The predicted octanol–water partition coefficient (Wildman–Crippen LogP) is -1.62. The van der Waals surface area contributed by atoms with Gasteiger partial charge in [0.15, 0.2) is 11.5 Å². The highest BCUT2D eigenvalue weighted by atomic mass is 79.9. The predicted molar refractivity (Wildman–Crippen MR) is 64.3 cm³/mol. The fourth-order valence-electron chi connectivity index (χ4n) is 1.79. The maximum absolute atomic E-state index is 5.28. The monoisotopic (exact) mass is 312 g/mol. The third-order valence-corrected chi connectivity index (χ3v) is 2.64. The van der Waals surface area contributed by atoms with Crippen molar-refractivity contribution in [2.45, 2.75) is 6.54 Å². The second kappa shape index (κ2) is 6.44. The molecule has 0 saturated carbocycles. The Morgan fingerprint density at radius 2 is 1.89 bits per heavy atom. The van der Waals surface area contributed by atoms with E-state index in [0.717, 1.165) is 18.0 Å². The normalized spacial score (nSPS) is 9.72. The number of aryl methyl sites for hydroxylation is 1. The summed E-state index contributed by atoms with van der Waals surface area (Å²) in [4.78, 5) is 0. The summed E-state index contributed by atoms with van der Waals surface area (Å²) in [6, 6.07) is 5.97. The lowest BCUT2D eigenvalue weighted by Gasteiger charge is -2.08. The minimum Gasteiger partial charge on any atom is -1.00 e. The molecule has 98 valence electrons. The molecule has 0 radical (unpaired) electrons. The van der Waals surface area contributed by atoms with Gasteiger partial charge in [0.25, 0.3) is 0 Å². The van der Waals surface area contributed by atoms with E-state index in [1.165, 1.54) is 5.56 Å². The minimum absolute atomic E-state index is 0. The van der Waals surface area contributed by atoms with Gasteiger partial charge in [0.2, 0.25) is 6.33 Å². The molecule has 0 fully saturated rings. The van der Waals surface area contributed by atoms with E-state index in [4.69, 9.17) is 9.47 Å². The summed E-state index contributed by atoms with van der Waals surface area (Å²) in [5.41, 5.74) is 1.18. The maximum Gasteiger partial charge on any atom is 0.243 e. The molecule has 2 rings (SSSR count). The van der Waals surface area contributed by atoms with Crippen molar-refractivity contribution in [1.82, 2.24) is 4.57 Å². The van der Waals surface area contributed by atoms with Crippen LogP contribution in [0.25, 0.3) is 0 Å². The molecule has 0 atom stereocenters. The van der Waals surface area contributed by atoms with Crippen molar-refractivity contribution in [1.29, 1.82) is 0 Å². The Morgan fingerprint density at radius 3 is 2.44 bits per heavy atom. The van der Waals surface area contributed by atoms with E-state index in [2.05, 4.69) is 4.57 Å². The van der Waals surface area contributed by atoms with Gasteiger partial charge in [0.1, 0.15) is 18.9 Å². The zero-order chi connectivity index (χ0) is 12.3. The molecule has 1 aromatic heterocycles. The number of hydrogen-bond acceptors (Lipinski definition) is 2. The van der Waals surface area contributed by atoms with Crippen molar-refractivity contribution in [3.8, 4) is 11.5 Å². The molecule has 0 aliphatic heterocycles. The van der Waals surface area contributed by atoms with Crippen LogP contribution in [0.2, 0.25) is 0 Å². The second-order valence-electron chi connectivity index (χ2n) is 3.94. The highest BCUT2D eigenvalue weighted by molar-refractivity contribution is 5.42. The van der Waals surface area contributed by atoms with Gasteiger partial charge in [-0.15, -0.1) is 0 Å². The van der Waals surface area contributed by atoms with Crippen LogP contribution >= 0.6 is 0 Å². The first-order valence-corrected chi connectivity index (χ1v) is 5.45. The molecule has 0 aliphatic rings. The number of hydrogen-bond donors (Lipinski definition) is 0. The number of rotatable bonds is 4. The largest absolute Gasteiger partial charge is 1.00 e. The standard InChI is InChI=1S/C13H17N2O2.BrH/c1-14-6-7-15(10-14)9-11-4-5-12(16-2)13(8-11)17-3;/h4-8,10H,9H2,1-3H3;1H/q+1;/p-1. The zero-order valence-corrected chi connectivity index (χ0v) is 12.3. The Balaban J connectivity index is 0.00000162. The Kier molecular flexibility index (Phi) is 5.22. The van der Waals surface area contributed by atoms with Crippen LogP contribution in [0, 0.1) is 0 Å². The van der Waals surface area contributed by atoms with Gasteiger partial charge >= 0.3 is 0 Å². The number of halogens is 1. The molecule has 2 aromatic rings. The molecule has 18 heavy (non-hydrogen) atoms. The highest BCUT2D eigenvalue weighted by Gasteiger charge is 2.07. The molecule has 0 spiro atoms. The number of nitrogens with zero attached hydrogens (tertiary/aromatic N) is 2. The second-order valence-corrected chi connectivity index (χ2v) is 3.94. The summed E-state index contributed by atoms with van der Waals surface area (Å²) in [6.07, 6.45) is 6.09. The van der Waals surface area contributed by atoms with Crippen LogP contribution in [0.4, 0.5) is 0 Å². The number of aromatic nitrogens is 2. The van der Waals surface area contributed by atoms with Crippen molar-refractivity contribution < 1.29 is 31.0 Å². The lowest BCUT2D eigenvalue weighted by molar-refractivity contribution is -0.671. The molecular formula is C13H17BrN2O2. The van der Waals surface area contributed by atoms with E-state index in [9.17, 15) is 0 Å². The molecule has 0 saturated heterocycles. The van der Waals surface area contributed by atoms with Crippen LogP contribution in [-0.4, -0.2) is 18.8 Å². The first-order chi connectivity index (χ1) is 8.22. The lowest BCUT2D eigenvalue weighted by Crippen LogP contribution is -3.00. The van der Waals surface area contributed by atoms with Crippen LogP contribution < -0.4 is 31.0 Å². The number of imidazole rings is 1. The average molecular weight is 313 g/mol. The SMILES string of the molecule is COc1ccc(Cn2cc[n+](C)c2)cc1OC.[Br-]. The first-order valence-electron chi connectivity index (χ1n) is 5.45. The number of benzene rings is 1. The van der Waals surface area contributed by atoms with E-state index in [1.807, 2.05) is 48.5 Å². The van der Waals surface area contributed by atoms with Gasteiger partial charge in [-0.3, -0.25) is 0 Å². The van der Waals surface area contributed by atoms with Crippen LogP contribution in [-0.2, 0) is 13.6 Å². The fourth-order valence-corrected chi connectivity index (χ4v) is 1.79. The third kappa shape index (κ3) is 3.26. The van der Waals surface area contributed by atoms with Crippen LogP contribution in [0.3, 0.4) is 0 Å². The van der Waals surface area contributed by atoms with Gasteiger partial charge in [0, 0.05) is 0 Å². The summed E-state index contributed by atoms with van der Waals surface area (Å²) in [5.74, 6) is 1.52.